The van der Waals surface area contributed by atoms with Crippen molar-refractivity contribution in [1.29, 1.82) is 0 Å². The Hall–Kier alpha value is -3.57. The average molecular weight is 484 g/mol. The summed E-state index contributed by atoms with van der Waals surface area (Å²) in [4.78, 5) is 32.6. The SMILES string of the molecule is Cc1cc(C)nc(NS(=O)(=O)c2ccc(NC(=O)CCn3c(=O)sc4ccccc43)cc2)n1. The van der Waals surface area contributed by atoms with Gasteiger partial charge in [-0.05, 0) is 56.3 Å². The standard InChI is InChI=1S/C22H21N5O4S2/c1-14-13-15(2)24-21(23-14)26-33(30,31)17-9-7-16(8-10-17)25-20(28)11-12-27-18-5-3-4-6-19(18)32-22(27)29/h3-10,13H,11-12H2,1-2H3,(H,25,28)(H,23,24,26). The monoisotopic (exact) mass is 483 g/mol. The summed E-state index contributed by atoms with van der Waals surface area (Å²) in [5, 5.41) is 2.72. The molecule has 0 fully saturated rings. The van der Waals surface area contributed by atoms with Crippen molar-refractivity contribution >= 4 is 49.1 Å². The summed E-state index contributed by atoms with van der Waals surface area (Å²) in [5.41, 5.74) is 2.55. The van der Waals surface area contributed by atoms with Crippen LogP contribution in [-0.2, 0) is 21.4 Å². The Balaban J connectivity index is 1.40. The van der Waals surface area contributed by atoms with E-state index in [2.05, 4.69) is 20.0 Å². The highest BCUT2D eigenvalue weighted by molar-refractivity contribution is 7.92. The molecule has 170 valence electrons. The zero-order valence-corrected chi connectivity index (χ0v) is 19.5. The molecule has 2 N–H and O–H groups in total. The molecule has 0 spiro atoms. The molecular formula is C22H21N5O4S2. The molecule has 1 amide bonds. The van der Waals surface area contributed by atoms with Crippen molar-refractivity contribution in [2.75, 3.05) is 10.0 Å². The van der Waals surface area contributed by atoms with Gasteiger partial charge in [0.1, 0.15) is 0 Å². The van der Waals surface area contributed by atoms with Crippen molar-refractivity contribution < 1.29 is 13.2 Å². The second-order valence-electron chi connectivity index (χ2n) is 7.39. The van der Waals surface area contributed by atoms with Crippen LogP contribution in [0.3, 0.4) is 0 Å². The number of aryl methyl sites for hydroxylation is 3. The summed E-state index contributed by atoms with van der Waals surface area (Å²) in [6.45, 7) is 3.75. The van der Waals surface area contributed by atoms with Crippen LogP contribution >= 0.6 is 11.3 Å². The van der Waals surface area contributed by atoms with Crippen LogP contribution in [0, 0.1) is 13.8 Å². The van der Waals surface area contributed by atoms with Crippen molar-refractivity contribution in [3.63, 3.8) is 0 Å². The maximum atomic E-state index is 12.6. The van der Waals surface area contributed by atoms with E-state index in [1.807, 2.05) is 24.3 Å². The summed E-state index contributed by atoms with van der Waals surface area (Å²) in [7, 11) is -3.88. The van der Waals surface area contributed by atoms with Gasteiger partial charge in [-0.2, -0.15) is 0 Å². The maximum Gasteiger partial charge on any atom is 0.308 e. The summed E-state index contributed by atoms with van der Waals surface area (Å²) >= 11 is 1.14. The molecule has 0 saturated heterocycles. The number of fused-ring (bicyclic) bond motifs is 1. The largest absolute Gasteiger partial charge is 0.326 e. The van der Waals surface area contributed by atoms with Crippen molar-refractivity contribution in [3.05, 3.63) is 75.7 Å². The van der Waals surface area contributed by atoms with Crippen LogP contribution in [0.15, 0.2) is 64.3 Å². The molecule has 0 aliphatic rings. The second-order valence-corrected chi connectivity index (χ2v) is 10.1. The van der Waals surface area contributed by atoms with Gasteiger partial charge in [0, 0.05) is 30.0 Å². The lowest BCUT2D eigenvalue weighted by Crippen LogP contribution is -2.19. The van der Waals surface area contributed by atoms with Gasteiger partial charge >= 0.3 is 4.87 Å². The highest BCUT2D eigenvalue weighted by Crippen LogP contribution is 2.19. The van der Waals surface area contributed by atoms with Crippen molar-refractivity contribution in [1.82, 2.24) is 14.5 Å². The molecule has 9 nitrogen and oxygen atoms in total. The van der Waals surface area contributed by atoms with E-state index in [1.165, 1.54) is 24.3 Å². The molecule has 0 aliphatic heterocycles. The Morgan fingerprint density at radius 1 is 1.03 bits per heavy atom. The van der Waals surface area contributed by atoms with Crippen LogP contribution in [0.2, 0.25) is 0 Å². The third kappa shape index (κ3) is 5.26. The number of anilines is 2. The Morgan fingerprint density at radius 3 is 2.39 bits per heavy atom. The normalized spacial score (nSPS) is 11.5. The minimum atomic E-state index is -3.88. The molecule has 0 atom stereocenters. The molecule has 2 heterocycles. The number of hydrogen-bond donors (Lipinski definition) is 2. The topological polar surface area (TPSA) is 123 Å². The van der Waals surface area contributed by atoms with Gasteiger partial charge in [-0.3, -0.25) is 14.2 Å². The lowest BCUT2D eigenvalue weighted by molar-refractivity contribution is -0.116. The van der Waals surface area contributed by atoms with Crippen LogP contribution in [0.25, 0.3) is 10.2 Å². The van der Waals surface area contributed by atoms with Crippen LogP contribution in [0.4, 0.5) is 11.6 Å². The first-order chi connectivity index (χ1) is 15.7. The first-order valence-corrected chi connectivity index (χ1v) is 12.3. The number of sulfonamides is 1. The lowest BCUT2D eigenvalue weighted by Gasteiger charge is -2.10. The smallest absolute Gasteiger partial charge is 0.308 e. The fraction of sp³-hybridized carbons (Fsp3) is 0.182. The molecule has 0 unspecified atom stereocenters. The quantitative estimate of drug-likeness (QED) is 0.416. The number of carbonyl (C=O) groups is 1. The fourth-order valence-electron chi connectivity index (χ4n) is 3.33. The van der Waals surface area contributed by atoms with Crippen LogP contribution in [-0.4, -0.2) is 28.9 Å². The van der Waals surface area contributed by atoms with E-state index in [0.29, 0.717) is 17.1 Å². The van der Waals surface area contributed by atoms with Crippen LogP contribution in [0.5, 0.6) is 0 Å². The second kappa shape index (κ2) is 9.12. The number of aromatic nitrogens is 3. The van der Waals surface area contributed by atoms with E-state index >= 15 is 0 Å². The molecule has 0 radical (unpaired) electrons. The first-order valence-electron chi connectivity index (χ1n) is 10.0. The molecular weight excluding hydrogens is 462 g/mol. The van der Waals surface area contributed by atoms with Crippen molar-refractivity contribution in [2.24, 2.45) is 0 Å². The first kappa shape index (κ1) is 22.6. The van der Waals surface area contributed by atoms with E-state index in [-0.39, 0.29) is 34.6 Å². The predicted octanol–water partition coefficient (Wildman–Crippen LogP) is 3.30. The van der Waals surface area contributed by atoms with Gasteiger partial charge < -0.3 is 5.32 Å². The van der Waals surface area contributed by atoms with Gasteiger partial charge in [-0.1, -0.05) is 23.5 Å². The number of rotatable bonds is 7. The van der Waals surface area contributed by atoms with E-state index in [9.17, 15) is 18.0 Å². The number of carbonyl (C=O) groups excluding carboxylic acids is 1. The number of nitrogens with zero attached hydrogens (tertiary/aromatic N) is 3. The van der Waals surface area contributed by atoms with E-state index in [1.54, 1.807) is 24.5 Å². The third-order valence-corrected chi connectivity index (χ3v) is 7.10. The molecule has 11 heteroatoms. The minimum Gasteiger partial charge on any atom is -0.326 e. The summed E-state index contributed by atoms with van der Waals surface area (Å²) in [6, 6.07) is 14.9. The average Bonchev–Trinajstić information content (AvgIpc) is 3.06. The van der Waals surface area contributed by atoms with Crippen LogP contribution in [0.1, 0.15) is 17.8 Å². The summed E-state index contributed by atoms with van der Waals surface area (Å²) < 4.78 is 30.1. The molecule has 4 rings (SSSR count). The number of thiazole rings is 1. The maximum absolute atomic E-state index is 12.6. The van der Waals surface area contributed by atoms with Gasteiger partial charge in [0.15, 0.2) is 0 Å². The molecule has 0 aliphatic carbocycles. The van der Waals surface area contributed by atoms with E-state index < -0.39 is 10.0 Å². The van der Waals surface area contributed by atoms with Gasteiger partial charge in [0.2, 0.25) is 11.9 Å². The third-order valence-electron chi connectivity index (χ3n) is 4.79. The number of amides is 1. The van der Waals surface area contributed by atoms with Gasteiger partial charge in [-0.15, -0.1) is 0 Å². The highest BCUT2D eigenvalue weighted by Gasteiger charge is 2.16. The Kier molecular flexibility index (Phi) is 6.25. The molecule has 33 heavy (non-hydrogen) atoms. The molecule has 0 bridgehead atoms. The van der Waals surface area contributed by atoms with Crippen LogP contribution < -0.4 is 14.9 Å². The molecule has 4 aromatic rings. The Morgan fingerprint density at radius 2 is 1.70 bits per heavy atom. The highest BCUT2D eigenvalue weighted by atomic mass is 32.2. The number of nitrogens with one attached hydrogen (secondary N) is 2. The summed E-state index contributed by atoms with van der Waals surface area (Å²) in [5.74, 6) is -0.282. The van der Waals surface area contributed by atoms with Crippen molar-refractivity contribution in [3.8, 4) is 0 Å². The number of benzene rings is 2. The summed E-state index contributed by atoms with van der Waals surface area (Å²) in [6.07, 6.45) is 0.103. The molecule has 0 saturated carbocycles. The zero-order chi connectivity index (χ0) is 23.6. The Bertz CT molecular complexity index is 1470. The van der Waals surface area contributed by atoms with Crippen molar-refractivity contribution in [2.45, 2.75) is 31.7 Å². The number of para-hydroxylation sites is 1. The van der Waals surface area contributed by atoms with Gasteiger partial charge in [0.25, 0.3) is 10.0 Å². The number of hydrogen-bond acceptors (Lipinski definition) is 7. The lowest BCUT2D eigenvalue weighted by atomic mass is 10.3. The van der Waals surface area contributed by atoms with Gasteiger partial charge in [0.05, 0.1) is 15.1 Å². The van der Waals surface area contributed by atoms with Gasteiger partial charge in [-0.25, -0.2) is 23.1 Å². The molecule has 2 aromatic heterocycles. The molecule has 2 aromatic carbocycles. The Labute approximate surface area is 194 Å². The van der Waals surface area contributed by atoms with E-state index in [4.69, 9.17) is 0 Å². The fourth-order valence-corrected chi connectivity index (χ4v) is 5.19. The predicted molar refractivity (Wildman–Crippen MR) is 128 cm³/mol. The zero-order valence-electron chi connectivity index (χ0n) is 17.9. The van der Waals surface area contributed by atoms with E-state index in [0.717, 1.165) is 21.6 Å². The minimum absolute atomic E-state index is 0.000996.